The van der Waals surface area contributed by atoms with Crippen molar-refractivity contribution in [3.8, 4) is 0 Å². The third-order valence-electron chi connectivity index (χ3n) is 2.33. The summed E-state index contributed by atoms with van der Waals surface area (Å²) in [6.45, 7) is 6.25. The topological polar surface area (TPSA) is 29.5 Å². The number of amides is 1. The van der Waals surface area contributed by atoms with Crippen LogP contribution in [0.4, 0.5) is 4.79 Å². The summed E-state index contributed by atoms with van der Waals surface area (Å²) in [4.78, 5) is 13.3. The van der Waals surface area contributed by atoms with Gasteiger partial charge in [-0.2, -0.15) is 0 Å². The van der Waals surface area contributed by atoms with Gasteiger partial charge in [0.15, 0.2) is 0 Å². The van der Waals surface area contributed by atoms with Crippen LogP contribution in [0.25, 0.3) is 0 Å². The number of benzene rings is 1. The van der Waals surface area contributed by atoms with Crippen molar-refractivity contribution >= 4 is 22.0 Å². The number of halogens is 1. The van der Waals surface area contributed by atoms with Gasteiger partial charge in [-0.25, -0.2) is 4.79 Å². The Kier molecular flexibility index (Phi) is 5.20. The van der Waals surface area contributed by atoms with Crippen molar-refractivity contribution in [2.45, 2.75) is 32.8 Å². The van der Waals surface area contributed by atoms with E-state index in [1.807, 2.05) is 39.0 Å². The fourth-order valence-electron chi connectivity index (χ4n) is 1.42. The SMILES string of the molecule is CN(CCc1cccc(Br)c1)C(=O)OC(C)(C)C. The molecule has 1 aromatic carbocycles. The molecule has 100 valence electrons. The second-order valence-electron chi connectivity index (χ2n) is 5.28. The fourth-order valence-corrected chi connectivity index (χ4v) is 1.87. The van der Waals surface area contributed by atoms with Gasteiger partial charge in [0.1, 0.15) is 5.60 Å². The molecule has 0 aliphatic heterocycles. The van der Waals surface area contributed by atoms with E-state index in [2.05, 4.69) is 22.0 Å². The third kappa shape index (κ3) is 5.54. The second-order valence-corrected chi connectivity index (χ2v) is 6.20. The summed E-state index contributed by atoms with van der Waals surface area (Å²) in [6, 6.07) is 8.09. The summed E-state index contributed by atoms with van der Waals surface area (Å²) in [5.41, 5.74) is 0.751. The number of carbonyl (C=O) groups excluding carboxylic acids is 1. The molecule has 0 aliphatic rings. The molecule has 0 spiro atoms. The average molecular weight is 314 g/mol. The van der Waals surface area contributed by atoms with Crippen LogP contribution < -0.4 is 0 Å². The van der Waals surface area contributed by atoms with Crippen LogP contribution in [-0.4, -0.2) is 30.2 Å². The number of carbonyl (C=O) groups is 1. The Bertz CT molecular complexity index is 413. The number of hydrogen-bond donors (Lipinski definition) is 0. The maximum absolute atomic E-state index is 11.7. The Hall–Kier alpha value is -1.03. The lowest BCUT2D eigenvalue weighted by Gasteiger charge is -2.24. The number of hydrogen-bond acceptors (Lipinski definition) is 2. The zero-order valence-electron chi connectivity index (χ0n) is 11.4. The molecule has 3 nitrogen and oxygen atoms in total. The Morgan fingerprint density at radius 1 is 1.39 bits per heavy atom. The van der Waals surface area contributed by atoms with Gasteiger partial charge in [-0.3, -0.25) is 0 Å². The van der Waals surface area contributed by atoms with E-state index in [1.165, 1.54) is 5.56 Å². The van der Waals surface area contributed by atoms with Crippen molar-refractivity contribution in [1.29, 1.82) is 0 Å². The lowest BCUT2D eigenvalue weighted by molar-refractivity contribution is 0.0301. The van der Waals surface area contributed by atoms with Crippen molar-refractivity contribution in [2.75, 3.05) is 13.6 Å². The minimum Gasteiger partial charge on any atom is -0.444 e. The molecule has 1 aromatic rings. The van der Waals surface area contributed by atoms with Gasteiger partial charge in [-0.1, -0.05) is 28.1 Å². The lowest BCUT2D eigenvalue weighted by atomic mass is 10.1. The Balaban J connectivity index is 2.46. The summed E-state index contributed by atoms with van der Waals surface area (Å²) in [5.74, 6) is 0. The molecule has 1 rings (SSSR count). The maximum atomic E-state index is 11.7. The summed E-state index contributed by atoms with van der Waals surface area (Å²) in [7, 11) is 1.76. The van der Waals surface area contributed by atoms with Crippen LogP contribution in [-0.2, 0) is 11.2 Å². The van der Waals surface area contributed by atoms with E-state index in [0.29, 0.717) is 6.54 Å². The van der Waals surface area contributed by atoms with Gasteiger partial charge in [-0.15, -0.1) is 0 Å². The Morgan fingerprint density at radius 3 is 2.61 bits per heavy atom. The highest BCUT2D eigenvalue weighted by molar-refractivity contribution is 9.10. The van der Waals surface area contributed by atoms with Gasteiger partial charge in [0.2, 0.25) is 0 Å². The molecular formula is C14H20BrNO2. The minimum absolute atomic E-state index is 0.280. The van der Waals surface area contributed by atoms with Crippen molar-refractivity contribution in [2.24, 2.45) is 0 Å². The summed E-state index contributed by atoms with van der Waals surface area (Å²) in [5, 5.41) is 0. The minimum atomic E-state index is -0.443. The Labute approximate surface area is 117 Å². The summed E-state index contributed by atoms with van der Waals surface area (Å²) < 4.78 is 6.34. The normalized spacial score (nSPS) is 11.2. The Morgan fingerprint density at radius 2 is 2.06 bits per heavy atom. The highest BCUT2D eigenvalue weighted by Gasteiger charge is 2.19. The quantitative estimate of drug-likeness (QED) is 0.848. The fraction of sp³-hybridized carbons (Fsp3) is 0.500. The first-order valence-corrected chi connectivity index (χ1v) is 6.76. The van der Waals surface area contributed by atoms with E-state index < -0.39 is 5.60 Å². The van der Waals surface area contributed by atoms with Crippen LogP contribution in [0, 0.1) is 0 Å². The van der Waals surface area contributed by atoms with Crippen molar-refractivity contribution in [3.63, 3.8) is 0 Å². The van der Waals surface area contributed by atoms with Crippen LogP contribution in [0.2, 0.25) is 0 Å². The second kappa shape index (κ2) is 6.23. The third-order valence-corrected chi connectivity index (χ3v) is 2.82. The number of ether oxygens (including phenoxy) is 1. The molecule has 0 saturated heterocycles. The molecule has 1 amide bonds. The largest absolute Gasteiger partial charge is 0.444 e. The zero-order chi connectivity index (χ0) is 13.8. The van der Waals surface area contributed by atoms with E-state index in [1.54, 1.807) is 11.9 Å². The molecule has 0 bridgehead atoms. The monoisotopic (exact) mass is 313 g/mol. The van der Waals surface area contributed by atoms with E-state index in [0.717, 1.165) is 10.9 Å². The van der Waals surface area contributed by atoms with Gasteiger partial charge >= 0.3 is 6.09 Å². The van der Waals surface area contributed by atoms with E-state index in [4.69, 9.17) is 4.74 Å². The van der Waals surface area contributed by atoms with E-state index in [-0.39, 0.29) is 6.09 Å². The van der Waals surface area contributed by atoms with Gasteiger partial charge < -0.3 is 9.64 Å². The van der Waals surface area contributed by atoms with Crippen LogP contribution in [0.5, 0.6) is 0 Å². The van der Waals surface area contributed by atoms with Gasteiger partial charge in [-0.05, 0) is 44.9 Å². The molecule has 0 unspecified atom stereocenters. The molecule has 0 atom stereocenters. The molecule has 0 N–H and O–H groups in total. The van der Waals surface area contributed by atoms with Crippen molar-refractivity contribution < 1.29 is 9.53 Å². The molecule has 0 saturated carbocycles. The number of nitrogens with zero attached hydrogens (tertiary/aromatic N) is 1. The molecular weight excluding hydrogens is 294 g/mol. The van der Waals surface area contributed by atoms with E-state index >= 15 is 0 Å². The van der Waals surface area contributed by atoms with Crippen LogP contribution >= 0.6 is 15.9 Å². The summed E-state index contributed by atoms with van der Waals surface area (Å²) in [6.07, 6.45) is 0.535. The number of rotatable bonds is 3. The van der Waals surface area contributed by atoms with Gasteiger partial charge in [0.05, 0.1) is 0 Å². The lowest BCUT2D eigenvalue weighted by Crippen LogP contribution is -2.35. The molecule has 0 aromatic heterocycles. The van der Waals surface area contributed by atoms with Gasteiger partial charge in [0.25, 0.3) is 0 Å². The smallest absolute Gasteiger partial charge is 0.410 e. The zero-order valence-corrected chi connectivity index (χ0v) is 13.0. The van der Waals surface area contributed by atoms with Crippen LogP contribution in [0.1, 0.15) is 26.3 Å². The van der Waals surface area contributed by atoms with Crippen molar-refractivity contribution in [1.82, 2.24) is 4.90 Å². The molecule has 0 heterocycles. The van der Waals surface area contributed by atoms with Gasteiger partial charge in [0, 0.05) is 18.1 Å². The maximum Gasteiger partial charge on any atom is 0.410 e. The first kappa shape index (κ1) is 15.0. The molecule has 4 heteroatoms. The highest BCUT2D eigenvalue weighted by Crippen LogP contribution is 2.13. The first-order chi connectivity index (χ1) is 8.28. The molecule has 0 radical (unpaired) electrons. The van der Waals surface area contributed by atoms with E-state index in [9.17, 15) is 4.79 Å². The van der Waals surface area contributed by atoms with Crippen LogP contribution in [0.3, 0.4) is 0 Å². The average Bonchev–Trinajstić information content (AvgIpc) is 2.23. The standard InChI is InChI=1S/C14H20BrNO2/c1-14(2,3)18-13(17)16(4)9-8-11-6-5-7-12(15)10-11/h5-7,10H,8-9H2,1-4H3. The molecule has 0 fully saturated rings. The summed E-state index contributed by atoms with van der Waals surface area (Å²) >= 11 is 3.43. The predicted octanol–water partition coefficient (Wildman–Crippen LogP) is 3.86. The van der Waals surface area contributed by atoms with Crippen molar-refractivity contribution in [3.05, 3.63) is 34.3 Å². The predicted molar refractivity (Wildman–Crippen MR) is 76.7 cm³/mol. The van der Waals surface area contributed by atoms with Crippen LogP contribution in [0.15, 0.2) is 28.7 Å². The molecule has 0 aliphatic carbocycles. The highest BCUT2D eigenvalue weighted by atomic mass is 79.9. The molecule has 18 heavy (non-hydrogen) atoms. The number of likely N-dealkylation sites (N-methyl/N-ethyl adjacent to an activating group) is 1. The first-order valence-electron chi connectivity index (χ1n) is 5.96.